The fourth-order valence-corrected chi connectivity index (χ4v) is 3.47. The molecule has 0 bridgehead atoms. The first-order chi connectivity index (χ1) is 14.8. The quantitative estimate of drug-likeness (QED) is 0.359. The monoisotopic (exact) mass is 554 g/mol. The molecule has 0 saturated carbocycles. The Labute approximate surface area is 196 Å². The number of halogens is 2. The third kappa shape index (κ3) is 6.40. The van der Waals surface area contributed by atoms with Crippen molar-refractivity contribution in [3.8, 4) is 23.4 Å². The Morgan fingerprint density at radius 1 is 1.39 bits per heavy atom. The van der Waals surface area contributed by atoms with Crippen molar-refractivity contribution in [2.75, 3.05) is 20.8 Å². The molecule has 0 unspecified atom stereocenters. The van der Waals surface area contributed by atoms with Crippen LogP contribution in [0.25, 0.3) is 0 Å². The van der Waals surface area contributed by atoms with E-state index in [9.17, 15) is 15.2 Å². The third-order valence-electron chi connectivity index (χ3n) is 4.04. The van der Waals surface area contributed by atoms with Gasteiger partial charge in [-0.3, -0.25) is 4.79 Å². The van der Waals surface area contributed by atoms with Crippen LogP contribution in [0.15, 0.2) is 26.2 Å². The van der Waals surface area contributed by atoms with Gasteiger partial charge >= 0.3 is 0 Å². The van der Waals surface area contributed by atoms with Crippen LogP contribution in [0.1, 0.15) is 22.4 Å². The summed E-state index contributed by atoms with van der Waals surface area (Å²) in [5.41, 5.74) is 4.28. The summed E-state index contributed by atoms with van der Waals surface area (Å²) in [6.07, 6.45) is 1.69. The van der Waals surface area contributed by atoms with Crippen molar-refractivity contribution in [3.05, 3.63) is 43.5 Å². The second-order valence-corrected chi connectivity index (χ2v) is 7.88. The van der Waals surface area contributed by atoms with Crippen LogP contribution < -0.4 is 14.9 Å². The van der Waals surface area contributed by atoms with Crippen molar-refractivity contribution in [3.63, 3.8) is 0 Å². The van der Waals surface area contributed by atoms with E-state index in [4.69, 9.17) is 14.2 Å². The highest BCUT2D eigenvalue weighted by molar-refractivity contribution is 9.10. The predicted octanol–water partition coefficient (Wildman–Crippen LogP) is 3.37. The van der Waals surface area contributed by atoms with Crippen LogP contribution in [-0.4, -0.2) is 43.0 Å². The molecule has 9 nitrogen and oxygen atoms in total. The van der Waals surface area contributed by atoms with Gasteiger partial charge in [0.1, 0.15) is 11.6 Å². The van der Waals surface area contributed by atoms with Gasteiger partial charge in [-0.2, -0.15) is 10.4 Å². The number of methoxy groups -OCH3 is 2. The smallest absolute Gasteiger partial charge is 0.278 e. The normalized spacial score (nSPS) is 10.7. The zero-order valence-corrected chi connectivity index (χ0v) is 20.2. The number of aryl methyl sites for hydroxylation is 1. The zero-order valence-electron chi connectivity index (χ0n) is 17.0. The number of nitrogens with zero attached hydrogens (tertiary/aromatic N) is 3. The molecule has 0 fully saturated rings. The maximum atomic E-state index is 12.0. The van der Waals surface area contributed by atoms with E-state index in [1.54, 1.807) is 19.1 Å². The van der Waals surface area contributed by atoms with E-state index in [2.05, 4.69) is 47.4 Å². The lowest BCUT2D eigenvalue weighted by molar-refractivity contribution is -0.123. The van der Waals surface area contributed by atoms with Crippen molar-refractivity contribution >= 4 is 44.0 Å². The van der Waals surface area contributed by atoms with Gasteiger partial charge in [0.25, 0.3) is 5.91 Å². The molecule has 0 radical (unpaired) electrons. The Kier molecular flexibility index (Phi) is 9.23. The molecular weight excluding hydrogens is 536 g/mol. The van der Waals surface area contributed by atoms with Gasteiger partial charge in [-0.25, -0.2) is 10.4 Å². The van der Waals surface area contributed by atoms with E-state index >= 15 is 0 Å². The van der Waals surface area contributed by atoms with Crippen LogP contribution in [0.3, 0.4) is 0 Å². The molecule has 0 atom stereocenters. The van der Waals surface area contributed by atoms with E-state index < -0.39 is 5.91 Å². The van der Waals surface area contributed by atoms with E-state index in [0.717, 1.165) is 4.47 Å². The molecule has 1 aromatic carbocycles. The summed E-state index contributed by atoms with van der Waals surface area (Å²) in [7, 11) is 2.97. The molecule has 0 aliphatic rings. The van der Waals surface area contributed by atoms with E-state index in [-0.39, 0.29) is 36.8 Å². The van der Waals surface area contributed by atoms with Crippen LogP contribution in [0, 0.1) is 18.3 Å². The van der Waals surface area contributed by atoms with Crippen LogP contribution in [-0.2, 0) is 22.6 Å². The molecule has 0 saturated heterocycles. The average molecular weight is 556 g/mol. The van der Waals surface area contributed by atoms with Crippen LogP contribution in [0.5, 0.6) is 17.4 Å². The first kappa shape index (κ1) is 24.6. The molecular formula is C20H20Br2N4O5. The molecule has 1 amide bonds. The van der Waals surface area contributed by atoms with Gasteiger partial charge in [0.2, 0.25) is 5.88 Å². The number of nitriles is 1. The number of phenolic OH excluding ortho intramolecular Hbond substituents is 1. The maximum absolute atomic E-state index is 12.0. The highest BCUT2D eigenvalue weighted by atomic mass is 79.9. The number of hydrogen-bond acceptors (Lipinski definition) is 8. The number of aromatic hydroxyl groups is 1. The summed E-state index contributed by atoms with van der Waals surface area (Å²) in [6.45, 7) is 1.54. The zero-order chi connectivity index (χ0) is 23.0. The van der Waals surface area contributed by atoms with Gasteiger partial charge in [0.05, 0.1) is 19.4 Å². The first-order valence-electron chi connectivity index (χ1n) is 8.88. The summed E-state index contributed by atoms with van der Waals surface area (Å²) in [5, 5.41) is 23.4. The summed E-state index contributed by atoms with van der Waals surface area (Å²) in [6, 6.07) is 5.39. The van der Waals surface area contributed by atoms with Crippen LogP contribution in [0.2, 0.25) is 0 Å². The number of aromatic nitrogens is 1. The van der Waals surface area contributed by atoms with Crippen LogP contribution >= 0.6 is 31.9 Å². The number of hydrazone groups is 1. The molecule has 1 aromatic heterocycles. The minimum Gasteiger partial charge on any atom is -0.504 e. The second-order valence-electron chi connectivity index (χ2n) is 6.17. The molecule has 164 valence electrons. The van der Waals surface area contributed by atoms with Gasteiger partial charge in [-0.15, -0.1) is 0 Å². The van der Waals surface area contributed by atoms with Crippen LogP contribution in [0.4, 0.5) is 0 Å². The Morgan fingerprint density at radius 2 is 2.13 bits per heavy atom. The lowest BCUT2D eigenvalue weighted by atomic mass is 10.1. The number of carbonyl (C=O) groups is 1. The summed E-state index contributed by atoms with van der Waals surface area (Å²) in [5.74, 6) is -0.166. The molecule has 31 heavy (non-hydrogen) atoms. The number of carbonyl (C=O) groups excluding carboxylic acids is 1. The fraction of sp³-hybridized carbons (Fsp3) is 0.300. The average Bonchev–Trinajstić information content (AvgIpc) is 2.75. The van der Waals surface area contributed by atoms with Gasteiger partial charge in [0.15, 0.2) is 18.1 Å². The standard InChI is InChI=1S/C20H20Br2N4O5/c1-11-18(22)15(9-29-2)14(8-23)20(25-11)31-10-17(27)26-24-5-4-12-6-13(21)7-16(30-3)19(12)28/h5-7,28H,4,9-10H2,1-3H3,(H,26,27)/b24-5-. The summed E-state index contributed by atoms with van der Waals surface area (Å²) < 4.78 is 17.0. The summed E-state index contributed by atoms with van der Waals surface area (Å²) >= 11 is 6.73. The maximum Gasteiger partial charge on any atom is 0.278 e. The number of phenols is 1. The molecule has 2 N–H and O–H groups in total. The molecule has 0 aliphatic carbocycles. The second kappa shape index (κ2) is 11.6. The third-order valence-corrected chi connectivity index (χ3v) is 5.55. The molecule has 2 aromatic rings. The number of amides is 1. The number of pyridine rings is 1. The van der Waals surface area contributed by atoms with E-state index in [0.29, 0.717) is 27.0 Å². The fourth-order valence-electron chi connectivity index (χ4n) is 2.58. The van der Waals surface area contributed by atoms with Crippen molar-refractivity contribution < 1.29 is 24.1 Å². The SMILES string of the molecule is COCc1c(Br)c(C)nc(OCC(=O)N/N=C\Cc2cc(Br)cc(OC)c2O)c1C#N. The Hall–Kier alpha value is -2.68. The van der Waals surface area contributed by atoms with Gasteiger partial charge in [0, 0.05) is 39.8 Å². The highest BCUT2D eigenvalue weighted by Crippen LogP contribution is 2.33. The number of benzene rings is 1. The molecule has 11 heteroatoms. The lowest BCUT2D eigenvalue weighted by Gasteiger charge is -2.13. The van der Waals surface area contributed by atoms with Gasteiger partial charge in [-0.1, -0.05) is 15.9 Å². The number of ether oxygens (including phenoxy) is 3. The molecule has 0 aliphatic heterocycles. The minimum atomic E-state index is -0.535. The Bertz CT molecular complexity index is 1040. The summed E-state index contributed by atoms with van der Waals surface area (Å²) in [4.78, 5) is 16.3. The Balaban J connectivity index is 1.99. The van der Waals surface area contributed by atoms with Gasteiger partial charge < -0.3 is 19.3 Å². The number of nitrogens with one attached hydrogen (secondary N) is 1. The number of rotatable bonds is 9. The van der Waals surface area contributed by atoms with Gasteiger partial charge in [-0.05, 0) is 35.0 Å². The van der Waals surface area contributed by atoms with E-state index in [1.807, 2.05) is 6.07 Å². The molecule has 0 spiro atoms. The van der Waals surface area contributed by atoms with Crippen molar-refractivity contribution in [1.29, 1.82) is 5.26 Å². The number of hydrogen-bond donors (Lipinski definition) is 2. The lowest BCUT2D eigenvalue weighted by Crippen LogP contribution is -2.25. The van der Waals surface area contributed by atoms with Crippen molar-refractivity contribution in [2.24, 2.45) is 5.10 Å². The first-order valence-corrected chi connectivity index (χ1v) is 10.5. The topological polar surface area (TPSA) is 126 Å². The largest absolute Gasteiger partial charge is 0.504 e. The minimum absolute atomic E-state index is 0.000566. The van der Waals surface area contributed by atoms with Crippen molar-refractivity contribution in [2.45, 2.75) is 20.0 Å². The molecule has 1 heterocycles. The highest BCUT2D eigenvalue weighted by Gasteiger charge is 2.18. The van der Waals surface area contributed by atoms with Crippen molar-refractivity contribution in [1.82, 2.24) is 10.4 Å². The van der Waals surface area contributed by atoms with E-state index in [1.165, 1.54) is 20.4 Å². The molecule has 2 rings (SSSR count). The predicted molar refractivity (Wildman–Crippen MR) is 120 cm³/mol. The Morgan fingerprint density at radius 3 is 2.77 bits per heavy atom.